The van der Waals surface area contributed by atoms with Crippen molar-refractivity contribution in [2.45, 2.75) is 25.8 Å². The van der Waals surface area contributed by atoms with Crippen molar-refractivity contribution in [1.82, 2.24) is 9.88 Å². The molecule has 1 heterocycles. The molecular weight excluding hydrogens is 228 g/mol. The maximum Gasteiger partial charge on any atom is 0.231 e. The average molecular weight is 250 g/mol. The number of rotatable bonds is 8. The molecule has 0 aliphatic heterocycles. The van der Waals surface area contributed by atoms with Gasteiger partial charge in [-0.2, -0.15) is 0 Å². The fourth-order valence-corrected chi connectivity index (χ4v) is 1.98. The van der Waals surface area contributed by atoms with Crippen LogP contribution in [0.25, 0.3) is 0 Å². The van der Waals surface area contributed by atoms with Gasteiger partial charge in [0, 0.05) is 25.0 Å². The highest BCUT2D eigenvalue weighted by atomic mass is 16.1. The number of nitrogens with two attached hydrogens (primary N) is 2. The number of carbonyl (C=O) groups excluding carboxylic acids is 1. The molecule has 18 heavy (non-hydrogen) atoms. The number of primary amides is 1. The first-order valence-corrected chi connectivity index (χ1v) is 6.31. The van der Waals surface area contributed by atoms with E-state index < -0.39 is 0 Å². The largest absolute Gasteiger partial charge is 0.369 e. The minimum atomic E-state index is -0.326. The van der Waals surface area contributed by atoms with E-state index in [4.69, 9.17) is 11.5 Å². The van der Waals surface area contributed by atoms with Crippen LogP contribution in [-0.2, 0) is 4.79 Å². The summed E-state index contributed by atoms with van der Waals surface area (Å²) in [7, 11) is 0. The van der Waals surface area contributed by atoms with Crippen molar-refractivity contribution in [3.63, 3.8) is 0 Å². The molecule has 1 amide bonds. The van der Waals surface area contributed by atoms with Crippen molar-refractivity contribution in [3.05, 3.63) is 30.1 Å². The summed E-state index contributed by atoms with van der Waals surface area (Å²) < 4.78 is 0. The van der Waals surface area contributed by atoms with Gasteiger partial charge in [0.25, 0.3) is 0 Å². The molecule has 1 atom stereocenters. The van der Waals surface area contributed by atoms with Crippen LogP contribution in [0.2, 0.25) is 0 Å². The minimum Gasteiger partial charge on any atom is -0.369 e. The molecule has 0 fully saturated rings. The van der Waals surface area contributed by atoms with E-state index in [9.17, 15) is 4.79 Å². The topological polar surface area (TPSA) is 85.2 Å². The van der Waals surface area contributed by atoms with Gasteiger partial charge in [0.15, 0.2) is 0 Å². The maximum absolute atomic E-state index is 11.1. The number of carbonyl (C=O) groups is 1. The second-order valence-electron chi connectivity index (χ2n) is 4.33. The van der Waals surface area contributed by atoms with E-state index in [1.165, 1.54) is 0 Å². The lowest BCUT2D eigenvalue weighted by molar-refractivity contribution is -0.119. The van der Waals surface area contributed by atoms with Gasteiger partial charge in [0.1, 0.15) is 0 Å². The summed E-state index contributed by atoms with van der Waals surface area (Å²) in [5.74, 6) is -0.326. The monoisotopic (exact) mass is 250 g/mol. The lowest BCUT2D eigenvalue weighted by Gasteiger charge is -2.29. The van der Waals surface area contributed by atoms with Crippen LogP contribution in [0, 0.1) is 0 Å². The first-order chi connectivity index (χ1) is 8.69. The number of pyridine rings is 1. The molecule has 4 N–H and O–H groups in total. The van der Waals surface area contributed by atoms with Gasteiger partial charge in [-0.15, -0.1) is 0 Å². The summed E-state index contributed by atoms with van der Waals surface area (Å²) in [6.45, 7) is 3.61. The summed E-state index contributed by atoms with van der Waals surface area (Å²) in [6.07, 6.45) is 5.60. The fraction of sp³-hybridized carbons (Fsp3) is 0.538. The Morgan fingerprint density at radius 3 is 2.83 bits per heavy atom. The molecule has 1 aromatic rings. The van der Waals surface area contributed by atoms with Crippen molar-refractivity contribution in [1.29, 1.82) is 0 Å². The lowest BCUT2D eigenvalue weighted by Crippen LogP contribution is -2.40. The zero-order chi connectivity index (χ0) is 13.4. The van der Waals surface area contributed by atoms with Gasteiger partial charge in [-0.1, -0.05) is 19.4 Å². The molecule has 1 aromatic heterocycles. The third kappa shape index (κ3) is 4.43. The van der Waals surface area contributed by atoms with Crippen LogP contribution < -0.4 is 11.5 Å². The maximum atomic E-state index is 11.1. The summed E-state index contributed by atoms with van der Waals surface area (Å²) in [4.78, 5) is 17.3. The number of amides is 1. The predicted molar refractivity (Wildman–Crippen MR) is 71.7 cm³/mol. The molecule has 0 saturated carbocycles. The van der Waals surface area contributed by atoms with E-state index in [-0.39, 0.29) is 18.5 Å². The molecule has 5 nitrogen and oxygen atoms in total. The Balaban J connectivity index is 2.82. The summed E-state index contributed by atoms with van der Waals surface area (Å²) in [5, 5.41) is 0. The Labute approximate surface area is 108 Å². The second-order valence-corrected chi connectivity index (χ2v) is 4.33. The van der Waals surface area contributed by atoms with Crippen molar-refractivity contribution in [2.75, 3.05) is 19.6 Å². The molecular formula is C13H22N4O. The van der Waals surface area contributed by atoms with Crippen molar-refractivity contribution < 1.29 is 4.79 Å². The van der Waals surface area contributed by atoms with Crippen molar-refractivity contribution in [3.8, 4) is 0 Å². The second kappa shape index (κ2) is 7.79. The first-order valence-electron chi connectivity index (χ1n) is 6.31. The van der Waals surface area contributed by atoms with Crippen LogP contribution in [0.4, 0.5) is 0 Å². The Hall–Kier alpha value is -1.46. The van der Waals surface area contributed by atoms with Crippen molar-refractivity contribution >= 4 is 5.91 Å². The molecule has 0 aliphatic rings. The molecule has 0 radical (unpaired) electrons. The smallest absolute Gasteiger partial charge is 0.231 e. The molecule has 0 spiro atoms. The summed E-state index contributed by atoms with van der Waals surface area (Å²) >= 11 is 0. The minimum absolute atomic E-state index is 0.00208. The fourth-order valence-electron chi connectivity index (χ4n) is 1.98. The van der Waals surface area contributed by atoms with E-state index >= 15 is 0 Å². The molecule has 1 unspecified atom stereocenters. The van der Waals surface area contributed by atoms with E-state index in [0.717, 1.165) is 24.9 Å². The lowest BCUT2D eigenvalue weighted by atomic mass is 10.1. The Morgan fingerprint density at radius 2 is 2.33 bits per heavy atom. The van der Waals surface area contributed by atoms with Crippen LogP contribution in [0.1, 0.15) is 31.4 Å². The van der Waals surface area contributed by atoms with E-state index in [2.05, 4.69) is 11.9 Å². The molecule has 0 bridgehead atoms. The van der Waals surface area contributed by atoms with Crippen molar-refractivity contribution in [2.24, 2.45) is 11.5 Å². The van der Waals surface area contributed by atoms with Gasteiger partial charge in [0.2, 0.25) is 5.91 Å². The SMILES string of the molecule is CCCCN(CC(N)=O)C(CN)c1cccnc1. The number of hydrogen-bond donors (Lipinski definition) is 2. The highest BCUT2D eigenvalue weighted by Crippen LogP contribution is 2.18. The molecule has 0 saturated heterocycles. The standard InChI is InChI=1S/C13H22N4O/c1-2-3-7-17(10-13(15)18)12(8-14)11-5-4-6-16-9-11/h4-6,9,12H,2-3,7-8,10,14H2,1H3,(H2,15,18). The zero-order valence-electron chi connectivity index (χ0n) is 10.9. The van der Waals surface area contributed by atoms with Crippen LogP contribution in [0.3, 0.4) is 0 Å². The first kappa shape index (κ1) is 14.6. The predicted octanol–water partition coefficient (Wildman–Crippen LogP) is 0.669. The zero-order valence-corrected chi connectivity index (χ0v) is 10.9. The van der Waals surface area contributed by atoms with Crippen LogP contribution in [0.5, 0.6) is 0 Å². The highest BCUT2D eigenvalue weighted by molar-refractivity contribution is 5.76. The molecule has 0 aromatic carbocycles. The molecule has 5 heteroatoms. The van der Waals surface area contributed by atoms with Gasteiger partial charge < -0.3 is 11.5 Å². The molecule has 0 aliphatic carbocycles. The van der Waals surface area contributed by atoms with Gasteiger partial charge in [-0.05, 0) is 24.6 Å². The van der Waals surface area contributed by atoms with Gasteiger partial charge in [0.05, 0.1) is 6.54 Å². The number of aromatic nitrogens is 1. The van der Waals surface area contributed by atoms with E-state index in [1.54, 1.807) is 12.4 Å². The average Bonchev–Trinajstić information content (AvgIpc) is 2.37. The Bertz CT molecular complexity index is 355. The number of hydrogen-bond acceptors (Lipinski definition) is 4. The van der Waals surface area contributed by atoms with Crippen LogP contribution in [-0.4, -0.2) is 35.4 Å². The van der Waals surface area contributed by atoms with Gasteiger partial charge in [-0.25, -0.2) is 0 Å². The summed E-state index contributed by atoms with van der Waals surface area (Å²) in [6, 6.07) is 3.85. The quantitative estimate of drug-likeness (QED) is 0.710. The third-order valence-corrected chi connectivity index (χ3v) is 2.89. The van der Waals surface area contributed by atoms with E-state index in [1.807, 2.05) is 17.0 Å². The van der Waals surface area contributed by atoms with Crippen LogP contribution >= 0.6 is 0 Å². The molecule has 100 valence electrons. The summed E-state index contributed by atoms with van der Waals surface area (Å²) in [5.41, 5.74) is 12.2. The normalized spacial score (nSPS) is 12.6. The molecule has 1 rings (SSSR count). The van der Waals surface area contributed by atoms with Crippen LogP contribution in [0.15, 0.2) is 24.5 Å². The highest BCUT2D eigenvalue weighted by Gasteiger charge is 2.20. The number of nitrogens with zero attached hydrogens (tertiary/aromatic N) is 2. The van der Waals surface area contributed by atoms with Gasteiger partial charge in [-0.3, -0.25) is 14.7 Å². The third-order valence-electron chi connectivity index (χ3n) is 2.89. The Morgan fingerprint density at radius 1 is 1.56 bits per heavy atom. The van der Waals surface area contributed by atoms with Gasteiger partial charge >= 0.3 is 0 Å². The number of unbranched alkanes of at least 4 members (excludes halogenated alkanes) is 1. The Kier molecular flexibility index (Phi) is 6.32. The van der Waals surface area contributed by atoms with E-state index in [0.29, 0.717) is 6.54 Å².